The Morgan fingerprint density at radius 3 is 2.07 bits per heavy atom. The third kappa shape index (κ3) is 12.9. The molecule has 164 valence electrons. The molecule has 0 aliphatic heterocycles. The fraction of sp³-hybridized carbons (Fsp3) is 0.714. The molecule has 7 heteroatoms. The summed E-state index contributed by atoms with van der Waals surface area (Å²) in [6.07, 6.45) is 9.09. The highest BCUT2D eigenvalue weighted by atomic mass is 32.5. The van der Waals surface area contributed by atoms with Crippen LogP contribution in [0, 0.1) is 0 Å². The van der Waals surface area contributed by atoms with Gasteiger partial charge in [0.15, 0.2) is 0 Å². The minimum absolute atomic E-state index is 0.111. The van der Waals surface area contributed by atoms with E-state index >= 15 is 0 Å². The van der Waals surface area contributed by atoms with Gasteiger partial charge in [0.2, 0.25) is 0 Å². The van der Waals surface area contributed by atoms with Crippen LogP contribution in [-0.4, -0.2) is 18.0 Å². The Morgan fingerprint density at radius 2 is 1.57 bits per heavy atom. The van der Waals surface area contributed by atoms with Crippen molar-refractivity contribution in [1.29, 1.82) is 0 Å². The smallest absolute Gasteiger partial charge is 0.405 e. The minimum Gasteiger partial charge on any atom is -0.423 e. The minimum atomic E-state index is -3.38. The van der Waals surface area contributed by atoms with Crippen molar-refractivity contribution >= 4 is 18.5 Å². The first-order chi connectivity index (χ1) is 13.2. The second-order valence-electron chi connectivity index (χ2n) is 7.36. The van der Waals surface area contributed by atoms with Crippen molar-refractivity contribution in [2.24, 2.45) is 5.73 Å². The molecule has 0 saturated heterocycles. The predicted octanol–water partition coefficient (Wildman–Crippen LogP) is 6.24. The van der Waals surface area contributed by atoms with Crippen LogP contribution in [0.25, 0.3) is 0 Å². The van der Waals surface area contributed by atoms with Crippen molar-refractivity contribution in [3.8, 4) is 5.75 Å². The van der Waals surface area contributed by atoms with E-state index in [1.54, 1.807) is 19.1 Å². The Labute approximate surface area is 177 Å². The van der Waals surface area contributed by atoms with E-state index < -0.39 is 6.72 Å². The summed E-state index contributed by atoms with van der Waals surface area (Å²) >= 11 is 4.82. The maximum Gasteiger partial charge on any atom is 0.405 e. The maximum atomic E-state index is 9.73. The molecule has 1 aromatic carbocycles. The van der Waals surface area contributed by atoms with Crippen LogP contribution in [0.15, 0.2) is 24.3 Å². The first-order valence-electron chi connectivity index (χ1n) is 10.4. The van der Waals surface area contributed by atoms with Gasteiger partial charge < -0.3 is 15.2 Å². The fourth-order valence-corrected chi connectivity index (χ4v) is 3.41. The molecule has 3 N–H and O–H groups in total. The molecule has 1 unspecified atom stereocenters. The van der Waals surface area contributed by atoms with Crippen LogP contribution < -0.4 is 10.3 Å². The second kappa shape index (κ2) is 15.4. The molecule has 0 spiro atoms. The van der Waals surface area contributed by atoms with E-state index in [1.807, 2.05) is 12.1 Å². The SMILES string of the molecule is CCCCCCCCN.CCOOP(O)(=S)Oc1ccc(C(C)(C)CC)cc1. The highest BCUT2D eigenvalue weighted by Gasteiger charge is 2.20. The second-order valence-corrected chi connectivity index (χ2v) is 10.0. The van der Waals surface area contributed by atoms with Gasteiger partial charge >= 0.3 is 6.72 Å². The molecule has 0 aliphatic carbocycles. The summed E-state index contributed by atoms with van der Waals surface area (Å²) in [5.74, 6) is 0.473. The Kier molecular flexibility index (Phi) is 15.1. The lowest BCUT2D eigenvalue weighted by molar-refractivity contribution is -0.208. The zero-order valence-electron chi connectivity index (χ0n) is 18.3. The maximum absolute atomic E-state index is 9.73. The van der Waals surface area contributed by atoms with E-state index in [-0.39, 0.29) is 5.41 Å². The third-order valence-electron chi connectivity index (χ3n) is 4.56. The van der Waals surface area contributed by atoms with Gasteiger partial charge in [0.1, 0.15) is 5.75 Å². The van der Waals surface area contributed by atoms with Crippen molar-refractivity contribution in [3.05, 3.63) is 29.8 Å². The van der Waals surface area contributed by atoms with Crippen molar-refractivity contribution < 1.29 is 19.0 Å². The number of nitrogens with two attached hydrogens (primary N) is 1. The normalized spacial score (nSPS) is 13.4. The molecule has 0 aromatic heterocycles. The summed E-state index contributed by atoms with van der Waals surface area (Å²) in [6, 6.07) is 7.49. The van der Waals surface area contributed by atoms with Crippen LogP contribution >= 0.6 is 6.72 Å². The van der Waals surface area contributed by atoms with Gasteiger partial charge in [-0.3, -0.25) is 0 Å². The largest absolute Gasteiger partial charge is 0.423 e. The van der Waals surface area contributed by atoms with Crippen LogP contribution in [0.4, 0.5) is 0 Å². The van der Waals surface area contributed by atoms with Gasteiger partial charge in [0.25, 0.3) is 0 Å². The van der Waals surface area contributed by atoms with E-state index in [2.05, 4.69) is 37.3 Å². The molecule has 0 saturated carbocycles. The van der Waals surface area contributed by atoms with E-state index in [0.29, 0.717) is 12.4 Å². The van der Waals surface area contributed by atoms with Crippen LogP contribution in [0.1, 0.15) is 85.1 Å². The number of hydrogen-bond acceptors (Lipinski definition) is 5. The quantitative estimate of drug-likeness (QED) is 0.166. The van der Waals surface area contributed by atoms with Crippen molar-refractivity contribution in [3.63, 3.8) is 0 Å². The summed E-state index contributed by atoms with van der Waals surface area (Å²) in [5, 5.41) is 0. The summed E-state index contributed by atoms with van der Waals surface area (Å²) in [6.45, 7) is 8.26. The molecule has 28 heavy (non-hydrogen) atoms. The predicted molar refractivity (Wildman–Crippen MR) is 122 cm³/mol. The van der Waals surface area contributed by atoms with Gasteiger partial charge in [-0.25, -0.2) is 4.89 Å². The topological polar surface area (TPSA) is 73.9 Å². The number of benzene rings is 1. The zero-order valence-corrected chi connectivity index (χ0v) is 20.0. The molecule has 0 amide bonds. The summed E-state index contributed by atoms with van der Waals surface area (Å²) in [5.41, 5.74) is 6.66. The zero-order chi connectivity index (χ0) is 21.5. The number of hydrogen-bond donors (Lipinski definition) is 2. The Bertz CT molecular complexity index is 546. The van der Waals surface area contributed by atoms with Crippen molar-refractivity contribution in [2.45, 2.75) is 85.0 Å². The van der Waals surface area contributed by atoms with Crippen molar-refractivity contribution in [2.75, 3.05) is 13.2 Å². The molecule has 1 rings (SSSR count). The first-order valence-corrected chi connectivity index (χ1v) is 13.0. The average Bonchev–Trinajstić information content (AvgIpc) is 2.67. The summed E-state index contributed by atoms with van der Waals surface area (Å²) in [7, 11) is 0. The lowest BCUT2D eigenvalue weighted by Crippen LogP contribution is -2.14. The van der Waals surface area contributed by atoms with Gasteiger partial charge in [-0.05, 0) is 49.4 Å². The lowest BCUT2D eigenvalue weighted by Gasteiger charge is -2.23. The molecular weight excluding hydrogens is 393 g/mol. The molecule has 5 nitrogen and oxygen atoms in total. The average molecular weight is 434 g/mol. The van der Waals surface area contributed by atoms with E-state index in [4.69, 9.17) is 22.1 Å². The standard InChI is InChI=1S/C13H21O4PS.C8H19N/c1-5-13(3,4)11-7-9-12(10-8-11)16-18(14,19)17-15-6-2;1-2-3-4-5-6-7-8-9/h7-10H,5-6H2,1-4H3,(H,14,19);2-9H2,1H3. The highest BCUT2D eigenvalue weighted by Crippen LogP contribution is 2.44. The molecule has 1 atom stereocenters. The monoisotopic (exact) mass is 433 g/mol. The van der Waals surface area contributed by atoms with Crippen LogP contribution in [-0.2, 0) is 26.8 Å². The first kappa shape index (κ1) is 27.5. The highest BCUT2D eigenvalue weighted by molar-refractivity contribution is 8.07. The van der Waals surface area contributed by atoms with Gasteiger partial charge in [-0.1, -0.05) is 71.9 Å². The molecule has 0 heterocycles. The van der Waals surface area contributed by atoms with Gasteiger partial charge in [-0.2, -0.15) is 0 Å². The number of unbranched alkanes of at least 4 members (excludes halogenated alkanes) is 5. The van der Waals surface area contributed by atoms with Gasteiger partial charge in [0.05, 0.1) is 6.61 Å². The summed E-state index contributed by atoms with van der Waals surface area (Å²) < 4.78 is 9.90. The van der Waals surface area contributed by atoms with E-state index in [1.165, 1.54) is 44.1 Å². The molecule has 0 aliphatic rings. The molecule has 1 aromatic rings. The molecular formula is C21H40NO4PS. The van der Waals surface area contributed by atoms with E-state index in [9.17, 15) is 4.89 Å². The van der Waals surface area contributed by atoms with Crippen LogP contribution in [0.2, 0.25) is 0 Å². The summed E-state index contributed by atoms with van der Waals surface area (Å²) in [4.78, 5) is 14.4. The lowest BCUT2D eigenvalue weighted by atomic mass is 9.82. The van der Waals surface area contributed by atoms with Gasteiger partial charge in [-0.15, -0.1) is 4.67 Å². The molecule has 0 radical (unpaired) electrons. The Balaban J connectivity index is 0.000000684. The van der Waals surface area contributed by atoms with Gasteiger partial charge in [0, 0.05) is 11.8 Å². The Morgan fingerprint density at radius 1 is 1.00 bits per heavy atom. The molecule has 0 bridgehead atoms. The van der Waals surface area contributed by atoms with Crippen molar-refractivity contribution in [1.82, 2.24) is 0 Å². The number of rotatable bonds is 13. The van der Waals surface area contributed by atoms with Crippen LogP contribution in [0.3, 0.4) is 0 Å². The fourth-order valence-electron chi connectivity index (χ4n) is 2.36. The molecule has 0 fully saturated rings. The third-order valence-corrected chi connectivity index (χ3v) is 5.70. The van der Waals surface area contributed by atoms with E-state index in [0.717, 1.165) is 13.0 Å². The Hall–Kier alpha value is -0.490. The van der Waals surface area contributed by atoms with Crippen LogP contribution in [0.5, 0.6) is 5.75 Å².